The average molecular weight is 486 g/mol. The van der Waals surface area contributed by atoms with Crippen LogP contribution in [-0.2, 0) is 9.59 Å². The second kappa shape index (κ2) is 10.7. The first kappa shape index (κ1) is 25.0. The zero-order valence-electron chi connectivity index (χ0n) is 21.0. The van der Waals surface area contributed by atoms with Gasteiger partial charge in [-0.15, -0.1) is 0 Å². The molecule has 36 heavy (non-hydrogen) atoms. The third-order valence-electron chi connectivity index (χ3n) is 6.06. The van der Waals surface area contributed by atoms with E-state index in [1.54, 1.807) is 48.5 Å². The molecule has 0 spiro atoms. The normalized spacial score (nSPS) is 17.0. The van der Waals surface area contributed by atoms with Gasteiger partial charge in [0.15, 0.2) is 0 Å². The lowest BCUT2D eigenvalue weighted by atomic mass is 9.92. The molecule has 1 heterocycles. The number of rotatable bonds is 8. The van der Waals surface area contributed by atoms with Gasteiger partial charge in [0.25, 0.3) is 11.7 Å². The number of amides is 1. The van der Waals surface area contributed by atoms with Gasteiger partial charge >= 0.3 is 0 Å². The summed E-state index contributed by atoms with van der Waals surface area (Å²) in [7, 11) is 0. The molecule has 0 bridgehead atoms. The lowest BCUT2D eigenvalue weighted by Crippen LogP contribution is -2.29. The van der Waals surface area contributed by atoms with Crippen molar-refractivity contribution in [3.05, 3.63) is 95.1 Å². The van der Waals surface area contributed by atoms with Crippen LogP contribution in [-0.4, -0.2) is 30.0 Å². The third-order valence-corrected chi connectivity index (χ3v) is 6.06. The Morgan fingerprint density at radius 3 is 2.14 bits per heavy atom. The number of ketones is 1. The quantitative estimate of drug-likeness (QED) is 0.239. The number of anilines is 1. The molecule has 1 amide bonds. The highest BCUT2D eigenvalue weighted by Crippen LogP contribution is 2.43. The Morgan fingerprint density at radius 1 is 0.917 bits per heavy atom. The zero-order chi connectivity index (χ0) is 25.8. The molecule has 1 fully saturated rings. The van der Waals surface area contributed by atoms with Crippen LogP contribution in [0.2, 0.25) is 0 Å². The molecular weight excluding hydrogens is 454 g/mol. The van der Waals surface area contributed by atoms with Crippen LogP contribution < -0.4 is 14.4 Å². The topological polar surface area (TPSA) is 76.1 Å². The maximum atomic E-state index is 13.4. The van der Waals surface area contributed by atoms with Gasteiger partial charge in [0.1, 0.15) is 17.3 Å². The molecule has 3 aromatic carbocycles. The number of Topliss-reactive ketones (excluding diaryl/α,β-unsaturated/α-hetero) is 1. The number of hydrogen-bond acceptors (Lipinski definition) is 5. The summed E-state index contributed by atoms with van der Waals surface area (Å²) in [4.78, 5) is 28.2. The summed E-state index contributed by atoms with van der Waals surface area (Å²) in [6.45, 7) is 9.05. The van der Waals surface area contributed by atoms with Crippen LogP contribution in [0.1, 0.15) is 43.5 Å². The Morgan fingerprint density at radius 2 is 1.53 bits per heavy atom. The molecule has 4 rings (SSSR count). The van der Waals surface area contributed by atoms with Crippen LogP contribution in [0.5, 0.6) is 11.5 Å². The van der Waals surface area contributed by atoms with E-state index in [0.717, 1.165) is 11.1 Å². The molecule has 0 aromatic heterocycles. The third kappa shape index (κ3) is 4.98. The highest BCUT2D eigenvalue weighted by molar-refractivity contribution is 6.51. The molecular formula is C30H31NO5. The summed E-state index contributed by atoms with van der Waals surface area (Å²) < 4.78 is 11.3. The van der Waals surface area contributed by atoms with Crippen LogP contribution in [0.4, 0.5) is 5.69 Å². The summed E-state index contributed by atoms with van der Waals surface area (Å²) in [5, 5.41) is 11.3. The Hall–Kier alpha value is -4.06. The van der Waals surface area contributed by atoms with Crippen molar-refractivity contribution in [3.63, 3.8) is 0 Å². The Balaban J connectivity index is 1.81. The maximum absolute atomic E-state index is 13.4. The molecule has 0 saturated carbocycles. The fourth-order valence-electron chi connectivity index (χ4n) is 4.28. The summed E-state index contributed by atoms with van der Waals surface area (Å²) in [6.07, 6.45) is 0. The molecule has 3 aromatic rings. The molecule has 0 radical (unpaired) electrons. The van der Waals surface area contributed by atoms with Crippen LogP contribution >= 0.6 is 0 Å². The van der Waals surface area contributed by atoms with Crippen molar-refractivity contribution >= 4 is 23.1 Å². The maximum Gasteiger partial charge on any atom is 0.300 e. The number of carbonyl (C=O) groups is 2. The highest BCUT2D eigenvalue weighted by Gasteiger charge is 2.47. The van der Waals surface area contributed by atoms with Crippen molar-refractivity contribution < 1.29 is 24.2 Å². The minimum Gasteiger partial charge on any atom is -0.507 e. The molecule has 6 heteroatoms. The lowest BCUT2D eigenvalue weighted by Gasteiger charge is -2.27. The van der Waals surface area contributed by atoms with Gasteiger partial charge < -0.3 is 14.6 Å². The first-order chi connectivity index (χ1) is 17.3. The van der Waals surface area contributed by atoms with E-state index >= 15 is 0 Å². The van der Waals surface area contributed by atoms with Gasteiger partial charge in [0, 0.05) is 11.3 Å². The number of hydrogen-bond donors (Lipinski definition) is 1. The van der Waals surface area contributed by atoms with E-state index in [9.17, 15) is 14.7 Å². The van der Waals surface area contributed by atoms with Crippen molar-refractivity contribution in [1.29, 1.82) is 0 Å². The van der Waals surface area contributed by atoms with Gasteiger partial charge in [0.2, 0.25) is 0 Å². The number of ether oxygens (including phenoxy) is 2. The molecule has 1 N–H and O–H groups in total. The van der Waals surface area contributed by atoms with E-state index in [1.807, 2.05) is 38.1 Å². The standard InChI is InChI=1S/C30H31NO5/c1-5-35-23-14-10-21(11-15-23)28(32)26-27(25-9-7-6-8-20(25)4)31(30(34)29(26)33)22-12-16-24(17-13-22)36-18-19(2)3/h6-17,19,27,32H,5,18H2,1-4H3/b28-26-. The summed E-state index contributed by atoms with van der Waals surface area (Å²) in [5.74, 6) is 0.0900. The predicted molar refractivity (Wildman–Crippen MR) is 140 cm³/mol. The van der Waals surface area contributed by atoms with Crippen LogP contribution in [0.15, 0.2) is 78.4 Å². The first-order valence-electron chi connectivity index (χ1n) is 12.1. The highest BCUT2D eigenvalue weighted by atomic mass is 16.5. The fraction of sp³-hybridized carbons (Fsp3) is 0.267. The molecule has 1 saturated heterocycles. The SMILES string of the molecule is CCOc1ccc(/C(O)=C2/C(=O)C(=O)N(c3ccc(OCC(C)C)cc3)C2c2ccccc2C)cc1. The number of aliphatic hydroxyl groups excluding tert-OH is 1. The van der Waals surface area contributed by atoms with E-state index in [4.69, 9.17) is 9.47 Å². The molecule has 1 atom stereocenters. The second-order valence-corrected chi connectivity index (χ2v) is 9.18. The summed E-state index contributed by atoms with van der Waals surface area (Å²) >= 11 is 0. The van der Waals surface area contributed by atoms with Crippen molar-refractivity contribution in [2.45, 2.75) is 33.7 Å². The number of aryl methyl sites for hydroxylation is 1. The van der Waals surface area contributed by atoms with Crippen LogP contribution in [0, 0.1) is 12.8 Å². The van der Waals surface area contributed by atoms with Gasteiger partial charge in [-0.1, -0.05) is 38.1 Å². The van der Waals surface area contributed by atoms with E-state index in [-0.39, 0.29) is 11.3 Å². The second-order valence-electron chi connectivity index (χ2n) is 9.18. The number of aliphatic hydroxyl groups is 1. The molecule has 1 aliphatic rings. The Bertz CT molecular complexity index is 1280. The number of benzene rings is 3. The van der Waals surface area contributed by atoms with E-state index < -0.39 is 17.7 Å². The fourth-order valence-corrected chi connectivity index (χ4v) is 4.28. The van der Waals surface area contributed by atoms with Crippen LogP contribution in [0.3, 0.4) is 0 Å². The Labute approximate surface area is 211 Å². The van der Waals surface area contributed by atoms with Gasteiger partial charge in [-0.3, -0.25) is 14.5 Å². The first-order valence-corrected chi connectivity index (χ1v) is 12.1. The molecule has 0 aliphatic carbocycles. The average Bonchev–Trinajstić information content (AvgIpc) is 3.13. The molecule has 1 aliphatic heterocycles. The van der Waals surface area contributed by atoms with Gasteiger partial charge in [-0.05, 0) is 79.4 Å². The zero-order valence-corrected chi connectivity index (χ0v) is 21.0. The van der Waals surface area contributed by atoms with Crippen molar-refractivity contribution in [1.82, 2.24) is 0 Å². The largest absolute Gasteiger partial charge is 0.507 e. The van der Waals surface area contributed by atoms with Crippen LogP contribution in [0.25, 0.3) is 5.76 Å². The molecule has 6 nitrogen and oxygen atoms in total. The van der Waals surface area contributed by atoms with E-state index in [2.05, 4.69) is 13.8 Å². The van der Waals surface area contributed by atoms with E-state index in [0.29, 0.717) is 41.9 Å². The molecule has 1 unspecified atom stereocenters. The number of carbonyl (C=O) groups excluding carboxylic acids is 2. The Kier molecular flexibility index (Phi) is 7.44. The smallest absolute Gasteiger partial charge is 0.300 e. The van der Waals surface area contributed by atoms with Gasteiger partial charge in [-0.2, -0.15) is 0 Å². The van der Waals surface area contributed by atoms with E-state index in [1.165, 1.54) is 4.90 Å². The van der Waals surface area contributed by atoms with Crippen molar-refractivity contribution in [2.24, 2.45) is 5.92 Å². The molecule has 186 valence electrons. The predicted octanol–water partition coefficient (Wildman–Crippen LogP) is 6.05. The van der Waals surface area contributed by atoms with Gasteiger partial charge in [0.05, 0.1) is 24.8 Å². The monoisotopic (exact) mass is 485 g/mol. The summed E-state index contributed by atoms with van der Waals surface area (Å²) in [5.41, 5.74) is 2.72. The van der Waals surface area contributed by atoms with Gasteiger partial charge in [-0.25, -0.2) is 0 Å². The number of nitrogens with zero attached hydrogens (tertiary/aromatic N) is 1. The summed E-state index contributed by atoms with van der Waals surface area (Å²) in [6, 6.07) is 20.7. The van der Waals surface area contributed by atoms with Crippen molar-refractivity contribution in [2.75, 3.05) is 18.1 Å². The minimum absolute atomic E-state index is 0.0543. The lowest BCUT2D eigenvalue weighted by molar-refractivity contribution is -0.132. The van der Waals surface area contributed by atoms with Crippen molar-refractivity contribution in [3.8, 4) is 11.5 Å². The minimum atomic E-state index is -0.778.